The number of methoxy groups -OCH3 is 1. The SMILES string of the molecule is COC[C@@H](c1ccccn1)N(C)C(=O)Nc1ccccc1CN1CCCCC1. The lowest BCUT2D eigenvalue weighted by Crippen LogP contribution is -2.37. The Balaban J connectivity index is 1.71. The van der Waals surface area contributed by atoms with Crippen molar-refractivity contribution in [3.63, 3.8) is 0 Å². The molecule has 2 aromatic rings. The van der Waals surface area contributed by atoms with Crippen LogP contribution in [0.2, 0.25) is 0 Å². The van der Waals surface area contributed by atoms with Crippen molar-refractivity contribution in [2.75, 3.05) is 39.2 Å². The molecule has 150 valence electrons. The predicted molar refractivity (Wildman–Crippen MR) is 111 cm³/mol. The van der Waals surface area contributed by atoms with E-state index >= 15 is 0 Å². The number of pyridine rings is 1. The zero-order valence-electron chi connectivity index (χ0n) is 16.8. The van der Waals surface area contributed by atoms with E-state index in [1.54, 1.807) is 25.3 Å². The van der Waals surface area contributed by atoms with Crippen molar-refractivity contribution >= 4 is 11.7 Å². The molecule has 0 unspecified atom stereocenters. The monoisotopic (exact) mass is 382 g/mol. The molecule has 0 radical (unpaired) electrons. The van der Waals surface area contributed by atoms with Crippen molar-refractivity contribution < 1.29 is 9.53 Å². The number of para-hydroxylation sites is 1. The van der Waals surface area contributed by atoms with Crippen LogP contribution in [0.25, 0.3) is 0 Å². The summed E-state index contributed by atoms with van der Waals surface area (Å²) in [5.41, 5.74) is 2.82. The molecule has 1 aromatic heterocycles. The number of nitrogens with one attached hydrogen (secondary N) is 1. The molecule has 0 aliphatic carbocycles. The Morgan fingerprint density at radius 2 is 1.93 bits per heavy atom. The van der Waals surface area contributed by atoms with E-state index in [4.69, 9.17) is 4.74 Å². The van der Waals surface area contributed by atoms with Crippen molar-refractivity contribution in [2.45, 2.75) is 31.8 Å². The highest BCUT2D eigenvalue weighted by atomic mass is 16.5. The van der Waals surface area contributed by atoms with Gasteiger partial charge in [-0.15, -0.1) is 0 Å². The third-order valence-corrected chi connectivity index (χ3v) is 5.24. The summed E-state index contributed by atoms with van der Waals surface area (Å²) in [7, 11) is 3.41. The van der Waals surface area contributed by atoms with E-state index in [0.717, 1.165) is 36.6 Å². The number of hydrogen-bond donors (Lipinski definition) is 1. The number of nitrogens with zero attached hydrogens (tertiary/aromatic N) is 3. The molecule has 1 saturated heterocycles. The summed E-state index contributed by atoms with van der Waals surface area (Å²) in [6, 6.07) is 13.3. The maximum absolute atomic E-state index is 13.0. The normalized spacial score (nSPS) is 15.8. The Bertz CT molecular complexity index is 747. The number of hydrogen-bond acceptors (Lipinski definition) is 4. The summed E-state index contributed by atoms with van der Waals surface area (Å²) < 4.78 is 5.34. The van der Waals surface area contributed by atoms with Crippen LogP contribution in [0, 0.1) is 0 Å². The summed E-state index contributed by atoms with van der Waals surface area (Å²) in [5.74, 6) is 0. The summed E-state index contributed by atoms with van der Waals surface area (Å²) in [6.07, 6.45) is 5.55. The first kappa shape index (κ1) is 20.3. The number of benzene rings is 1. The Morgan fingerprint density at radius 3 is 2.64 bits per heavy atom. The first-order valence-electron chi connectivity index (χ1n) is 9.93. The lowest BCUT2D eigenvalue weighted by Gasteiger charge is -2.29. The van der Waals surface area contributed by atoms with Crippen molar-refractivity contribution in [1.82, 2.24) is 14.8 Å². The lowest BCUT2D eigenvalue weighted by atomic mass is 10.1. The molecule has 6 nitrogen and oxygen atoms in total. The summed E-state index contributed by atoms with van der Waals surface area (Å²) in [6.45, 7) is 3.49. The molecule has 1 aliphatic rings. The fourth-order valence-electron chi connectivity index (χ4n) is 3.61. The average Bonchev–Trinajstić information content (AvgIpc) is 2.74. The number of urea groups is 1. The van der Waals surface area contributed by atoms with Gasteiger partial charge in [0.1, 0.15) is 0 Å². The average molecular weight is 383 g/mol. The molecule has 3 rings (SSSR count). The minimum atomic E-state index is -0.250. The number of likely N-dealkylation sites (tertiary alicyclic amines) is 1. The smallest absolute Gasteiger partial charge is 0.322 e. The standard InChI is InChI=1S/C22H30N4O2/c1-25(21(17-28-2)20-12-6-7-13-23-20)22(27)24-19-11-5-4-10-18(19)16-26-14-8-3-9-15-26/h4-7,10-13,21H,3,8-9,14-17H2,1-2H3,(H,24,27)/t21-/m0/s1. The molecule has 1 aliphatic heterocycles. The van der Waals surface area contributed by atoms with Crippen LogP contribution in [-0.4, -0.2) is 54.7 Å². The minimum absolute atomic E-state index is 0.168. The van der Waals surface area contributed by atoms with Gasteiger partial charge in [0.2, 0.25) is 0 Å². The molecule has 1 fully saturated rings. The van der Waals surface area contributed by atoms with Crippen molar-refractivity contribution in [3.8, 4) is 0 Å². The van der Waals surface area contributed by atoms with Crippen molar-refractivity contribution in [3.05, 3.63) is 59.9 Å². The van der Waals surface area contributed by atoms with Gasteiger partial charge in [0.15, 0.2) is 0 Å². The van der Waals surface area contributed by atoms with Crippen LogP contribution in [0.1, 0.15) is 36.6 Å². The molecular weight excluding hydrogens is 352 g/mol. The topological polar surface area (TPSA) is 57.7 Å². The van der Waals surface area contributed by atoms with Gasteiger partial charge < -0.3 is 15.0 Å². The van der Waals surface area contributed by atoms with Crippen molar-refractivity contribution in [1.29, 1.82) is 0 Å². The van der Waals surface area contributed by atoms with Gasteiger partial charge in [0, 0.05) is 32.6 Å². The quantitative estimate of drug-likeness (QED) is 0.789. The van der Waals surface area contributed by atoms with Gasteiger partial charge in [-0.25, -0.2) is 4.79 Å². The highest BCUT2D eigenvalue weighted by Gasteiger charge is 2.23. The lowest BCUT2D eigenvalue weighted by molar-refractivity contribution is 0.119. The molecule has 0 saturated carbocycles. The highest BCUT2D eigenvalue weighted by molar-refractivity contribution is 5.90. The van der Waals surface area contributed by atoms with Crippen LogP contribution in [-0.2, 0) is 11.3 Å². The highest BCUT2D eigenvalue weighted by Crippen LogP contribution is 2.22. The zero-order chi connectivity index (χ0) is 19.8. The van der Waals surface area contributed by atoms with Crippen LogP contribution in [0.3, 0.4) is 0 Å². The summed E-state index contributed by atoms with van der Waals surface area (Å²) >= 11 is 0. The van der Waals surface area contributed by atoms with Gasteiger partial charge in [0.25, 0.3) is 0 Å². The Labute approximate surface area is 167 Å². The van der Waals surface area contributed by atoms with Gasteiger partial charge in [-0.05, 0) is 49.7 Å². The van der Waals surface area contributed by atoms with Crippen LogP contribution in [0.15, 0.2) is 48.7 Å². The van der Waals surface area contributed by atoms with E-state index in [-0.39, 0.29) is 12.1 Å². The Hall–Kier alpha value is -2.44. The van der Waals surface area contributed by atoms with Crippen molar-refractivity contribution in [2.24, 2.45) is 0 Å². The molecule has 2 heterocycles. The van der Waals surface area contributed by atoms with E-state index in [0.29, 0.717) is 6.61 Å². The number of likely N-dealkylation sites (N-methyl/N-ethyl adjacent to an activating group) is 1. The number of piperidine rings is 1. The molecule has 1 atom stereocenters. The second kappa shape index (κ2) is 10.2. The number of carbonyl (C=O) groups excluding carboxylic acids is 1. The van der Waals surface area contributed by atoms with E-state index in [2.05, 4.69) is 21.3 Å². The molecule has 1 aromatic carbocycles. The third kappa shape index (κ3) is 5.30. The fourth-order valence-corrected chi connectivity index (χ4v) is 3.61. The molecular formula is C22H30N4O2. The van der Waals surface area contributed by atoms with Crippen LogP contribution in [0.5, 0.6) is 0 Å². The van der Waals surface area contributed by atoms with Crippen LogP contribution in [0.4, 0.5) is 10.5 Å². The van der Waals surface area contributed by atoms with Gasteiger partial charge in [0.05, 0.1) is 18.3 Å². The predicted octanol–water partition coefficient (Wildman–Crippen LogP) is 3.92. The van der Waals surface area contributed by atoms with Gasteiger partial charge in [-0.1, -0.05) is 30.7 Å². The minimum Gasteiger partial charge on any atom is -0.382 e. The number of carbonyl (C=O) groups is 1. The molecule has 2 amide bonds. The number of amides is 2. The zero-order valence-corrected chi connectivity index (χ0v) is 16.8. The molecule has 28 heavy (non-hydrogen) atoms. The first-order valence-corrected chi connectivity index (χ1v) is 9.93. The van der Waals surface area contributed by atoms with Crippen LogP contribution >= 0.6 is 0 Å². The molecule has 1 N–H and O–H groups in total. The van der Waals surface area contributed by atoms with E-state index in [9.17, 15) is 4.79 Å². The van der Waals surface area contributed by atoms with Gasteiger partial charge in [-0.3, -0.25) is 9.88 Å². The summed E-state index contributed by atoms with van der Waals surface area (Å²) in [4.78, 5) is 21.5. The van der Waals surface area contributed by atoms with E-state index < -0.39 is 0 Å². The third-order valence-electron chi connectivity index (χ3n) is 5.24. The second-order valence-corrected chi connectivity index (χ2v) is 7.26. The number of aromatic nitrogens is 1. The Kier molecular flexibility index (Phi) is 7.39. The fraction of sp³-hybridized carbons (Fsp3) is 0.455. The number of anilines is 1. The second-order valence-electron chi connectivity index (χ2n) is 7.26. The maximum atomic E-state index is 13.0. The largest absolute Gasteiger partial charge is 0.382 e. The first-order chi connectivity index (χ1) is 13.7. The molecule has 0 spiro atoms. The summed E-state index contributed by atoms with van der Waals surface area (Å²) in [5, 5.41) is 3.09. The number of rotatable bonds is 7. The number of ether oxygens (including phenoxy) is 1. The maximum Gasteiger partial charge on any atom is 0.322 e. The Morgan fingerprint density at radius 1 is 1.18 bits per heavy atom. The van der Waals surface area contributed by atoms with Crippen LogP contribution < -0.4 is 5.32 Å². The van der Waals surface area contributed by atoms with Gasteiger partial charge in [-0.2, -0.15) is 0 Å². The van der Waals surface area contributed by atoms with E-state index in [1.165, 1.54) is 19.3 Å². The molecule has 0 bridgehead atoms. The van der Waals surface area contributed by atoms with Gasteiger partial charge >= 0.3 is 6.03 Å². The molecule has 6 heteroatoms. The van der Waals surface area contributed by atoms with E-state index in [1.807, 2.05) is 36.4 Å².